The van der Waals surface area contributed by atoms with Crippen LogP contribution in [-0.2, 0) is 0 Å². The maximum absolute atomic E-state index is 6.05. The summed E-state index contributed by atoms with van der Waals surface area (Å²) >= 11 is 17.9. The molecule has 0 aliphatic carbocycles. The van der Waals surface area contributed by atoms with Crippen LogP contribution in [0.4, 0.5) is 5.69 Å². The van der Waals surface area contributed by atoms with E-state index >= 15 is 0 Å². The summed E-state index contributed by atoms with van der Waals surface area (Å²) in [5.74, 6) is 0.664. The SMILES string of the molecule is CC(C)C(=[N+]=Nc1c(Cl)cc(Cl)cc1Cl)C(C)C. The molecule has 2 nitrogen and oxygen atoms in total. The predicted octanol–water partition coefficient (Wildman–Crippen LogP) is 5.69. The van der Waals surface area contributed by atoms with E-state index in [9.17, 15) is 0 Å². The molecule has 0 bridgehead atoms. The van der Waals surface area contributed by atoms with Crippen LogP contribution in [0.15, 0.2) is 17.2 Å². The van der Waals surface area contributed by atoms with E-state index in [4.69, 9.17) is 34.8 Å². The minimum absolute atomic E-state index is 0.332. The van der Waals surface area contributed by atoms with E-state index in [-0.39, 0.29) is 0 Å². The van der Waals surface area contributed by atoms with Gasteiger partial charge >= 0.3 is 5.71 Å². The van der Waals surface area contributed by atoms with Crippen LogP contribution in [0.5, 0.6) is 0 Å². The Morgan fingerprint density at radius 2 is 1.44 bits per heavy atom. The van der Waals surface area contributed by atoms with Crippen LogP contribution in [0, 0.1) is 11.8 Å². The van der Waals surface area contributed by atoms with E-state index < -0.39 is 0 Å². The minimum Gasteiger partial charge on any atom is -0.0842 e. The highest BCUT2D eigenvalue weighted by molar-refractivity contribution is 6.41. The van der Waals surface area contributed by atoms with Gasteiger partial charge in [0.05, 0.1) is 26.7 Å². The Balaban J connectivity index is 3.29. The van der Waals surface area contributed by atoms with Gasteiger partial charge in [0.25, 0.3) is 0 Å². The van der Waals surface area contributed by atoms with Crippen molar-refractivity contribution < 1.29 is 4.79 Å². The summed E-state index contributed by atoms with van der Waals surface area (Å²) in [7, 11) is 0. The van der Waals surface area contributed by atoms with E-state index in [1.807, 2.05) is 0 Å². The molecule has 5 heteroatoms. The van der Waals surface area contributed by atoms with Crippen molar-refractivity contribution >= 4 is 46.2 Å². The number of rotatable bonds is 3. The van der Waals surface area contributed by atoms with Crippen molar-refractivity contribution in [3.8, 4) is 0 Å². The molecule has 0 fully saturated rings. The van der Waals surface area contributed by atoms with Crippen LogP contribution in [-0.4, -0.2) is 10.5 Å². The second kappa shape index (κ2) is 6.58. The smallest absolute Gasteiger partial charge is 0.0842 e. The Labute approximate surface area is 123 Å². The molecule has 0 aliphatic rings. The zero-order valence-electron chi connectivity index (χ0n) is 10.8. The molecule has 0 atom stereocenters. The minimum atomic E-state index is 0.332. The van der Waals surface area contributed by atoms with Gasteiger partial charge in [-0.25, -0.2) is 0 Å². The van der Waals surface area contributed by atoms with E-state index in [2.05, 4.69) is 37.6 Å². The Morgan fingerprint density at radius 3 is 1.83 bits per heavy atom. The average molecular weight is 307 g/mol. The van der Waals surface area contributed by atoms with Crippen molar-refractivity contribution in [2.24, 2.45) is 17.0 Å². The Bertz CT molecular complexity index is 468. The van der Waals surface area contributed by atoms with Crippen LogP contribution in [0.25, 0.3) is 0 Å². The van der Waals surface area contributed by atoms with Crippen LogP contribution in [0.1, 0.15) is 27.7 Å². The summed E-state index contributed by atoms with van der Waals surface area (Å²) in [5, 5.41) is 5.45. The van der Waals surface area contributed by atoms with Crippen LogP contribution < -0.4 is 0 Å². The van der Waals surface area contributed by atoms with Gasteiger partial charge in [0.1, 0.15) is 5.11 Å². The summed E-state index contributed by atoms with van der Waals surface area (Å²) in [5.41, 5.74) is 1.47. The third-order valence-electron chi connectivity index (χ3n) is 2.43. The first kappa shape index (κ1) is 15.5. The molecule has 0 N–H and O–H groups in total. The first-order valence-electron chi connectivity index (χ1n) is 5.76. The molecular weight excluding hydrogens is 291 g/mol. The normalized spacial score (nSPS) is 10.7. The van der Waals surface area contributed by atoms with E-state index in [0.29, 0.717) is 32.6 Å². The number of hydrogen-bond donors (Lipinski definition) is 0. The zero-order valence-corrected chi connectivity index (χ0v) is 13.1. The largest absolute Gasteiger partial charge is 0.323 e. The van der Waals surface area contributed by atoms with E-state index in [0.717, 1.165) is 5.71 Å². The lowest BCUT2D eigenvalue weighted by molar-refractivity contribution is -0.0881. The molecule has 98 valence electrons. The molecule has 18 heavy (non-hydrogen) atoms. The second-order valence-electron chi connectivity index (χ2n) is 4.65. The van der Waals surface area contributed by atoms with Gasteiger partial charge in [0.2, 0.25) is 0 Å². The molecule has 0 saturated heterocycles. The maximum Gasteiger partial charge on any atom is 0.323 e. The van der Waals surface area contributed by atoms with E-state index in [1.165, 1.54) is 0 Å². The summed E-state index contributed by atoms with van der Waals surface area (Å²) in [4.78, 5) is 4.27. The van der Waals surface area contributed by atoms with Gasteiger partial charge in [-0.2, -0.15) is 0 Å². The molecule has 0 spiro atoms. The van der Waals surface area contributed by atoms with Gasteiger partial charge in [-0.3, -0.25) is 0 Å². The van der Waals surface area contributed by atoms with Gasteiger partial charge in [0, 0.05) is 5.02 Å². The number of benzene rings is 1. The van der Waals surface area contributed by atoms with Crippen molar-refractivity contribution in [3.63, 3.8) is 0 Å². The third kappa shape index (κ3) is 4.00. The molecule has 1 aromatic rings. The third-order valence-corrected chi connectivity index (χ3v) is 3.22. The lowest BCUT2D eigenvalue weighted by Gasteiger charge is -1.99. The molecule has 0 amide bonds. The fourth-order valence-corrected chi connectivity index (χ4v) is 2.53. The van der Waals surface area contributed by atoms with Gasteiger partial charge in [-0.15, -0.1) is 0 Å². The number of hydrogen-bond acceptors (Lipinski definition) is 1. The average Bonchev–Trinajstić information content (AvgIpc) is 2.20. The molecule has 0 heterocycles. The van der Waals surface area contributed by atoms with Crippen LogP contribution in [0.2, 0.25) is 15.1 Å². The zero-order chi connectivity index (χ0) is 13.9. The summed E-state index contributed by atoms with van der Waals surface area (Å²) in [6.45, 7) is 8.33. The Hall–Kier alpha value is -0.530. The molecule has 0 unspecified atom stereocenters. The van der Waals surface area contributed by atoms with Gasteiger partial charge in [0.15, 0.2) is 5.69 Å². The maximum atomic E-state index is 6.05. The van der Waals surface area contributed by atoms with Gasteiger partial charge in [-0.1, -0.05) is 62.5 Å². The fourth-order valence-electron chi connectivity index (χ4n) is 1.64. The van der Waals surface area contributed by atoms with Crippen LogP contribution in [0.3, 0.4) is 0 Å². The molecular formula is C13H16Cl3N2+. The van der Waals surface area contributed by atoms with Crippen molar-refractivity contribution in [1.29, 1.82) is 0 Å². The predicted molar refractivity (Wildman–Crippen MR) is 78.5 cm³/mol. The van der Waals surface area contributed by atoms with Crippen LogP contribution >= 0.6 is 34.8 Å². The molecule has 0 saturated carbocycles. The number of halogens is 3. The molecule has 1 rings (SSSR count). The molecule has 0 aliphatic heterocycles. The Morgan fingerprint density at radius 1 is 1.00 bits per heavy atom. The highest BCUT2D eigenvalue weighted by Crippen LogP contribution is 2.35. The second-order valence-corrected chi connectivity index (χ2v) is 5.90. The molecule has 0 radical (unpaired) electrons. The summed E-state index contributed by atoms with van der Waals surface area (Å²) < 4.78 is 0. The lowest BCUT2D eigenvalue weighted by atomic mass is 9.98. The monoisotopic (exact) mass is 305 g/mol. The van der Waals surface area contributed by atoms with Crippen molar-refractivity contribution in [3.05, 3.63) is 27.2 Å². The summed E-state index contributed by atoms with van der Waals surface area (Å²) in [6, 6.07) is 3.21. The van der Waals surface area contributed by atoms with Gasteiger partial charge in [-0.05, 0) is 12.1 Å². The number of nitrogens with zero attached hydrogens (tertiary/aromatic N) is 2. The topological polar surface area (TPSA) is 26.5 Å². The van der Waals surface area contributed by atoms with Crippen molar-refractivity contribution in [1.82, 2.24) is 0 Å². The van der Waals surface area contributed by atoms with E-state index in [1.54, 1.807) is 12.1 Å². The lowest BCUT2D eigenvalue weighted by Crippen LogP contribution is -2.16. The summed E-state index contributed by atoms with van der Waals surface area (Å²) in [6.07, 6.45) is 0. The first-order valence-corrected chi connectivity index (χ1v) is 6.89. The quantitative estimate of drug-likeness (QED) is 0.389. The first-order chi connectivity index (χ1) is 8.32. The Kier molecular flexibility index (Phi) is 5.68. The highest BCUT2D eigenvalue weighted by atomic mass is 35.5. The molecule has 1 aromatic carbocycles. The molecule has 0 aromatic heterocycles. The van der Waals surface area contributed by atoms with Crippen molar-refractivity contribution in [2.75, 3.05) is 0 Å². The highest BCUT2D eigenvalue weighted by Gasteiger charge is 2.21. The fraction of sp³-hybridized carbons (Fsp3) is 0.462. The standard InChI is InChI=1S/C13H16Cl3N2/c1-7(2)12(8(3)4)17-18-13-10(15)5-9(14)6-11(13)16/h5-8H,1-4H3/q+1. The van der Waals surface area contributed by atoms with Gasteiger partial charge < -0.3 is 0 Å². The van der Waals surface area contributed by atoms with Crippen molar-refractivity contribution in [2.45, 2.75) is 27.7 Å².